The molecule has 2 aromatic heterocycles. The Hall–Kier alpha value is -4.58. The van der Waals surface area contributed by atoms with Gasteiger partial charge in [-0.1, -0.05) is 48.5 Å². The summed E-state index contributed by atoms with van der Waals surface area (Å²) in [5.41, 5.74) is 5.59. The zero-order chi connectivity index (χ0) is 28.8. The van der Waals surface area contributed by atoms with Crippen LogP contribution in [0.25, 0.3) is 16.9 Å². The number of hydrogen-bond donors (Lipinski definition) is 4. The highest BCUT2D eigenvalue weighted by Crippen LogP contribution is 2.31. The predicted octanol–water partition coefficient (Wildman–Crippen LogP) is 3.60. The number of urea groups is 1. The largest absolute Gasteiger partial charge is 0.383 e. The van der Waals surface area contributed by atoms with Crippen molar-refractivity contribution in [2.45, 2.75) is 18.9 Å². The first-order chi connectivity index (χ1) is 20.0. The van der Waals surface area contributed by atoms with Crippen LogP contribution in [0.1, 0.15) is 27.5 Å². The maximum absolute atomic E-state index is 13.5. The number of hydrogen-bond acceptors (Lipinski definition) is 7. The van der Waals surface area contributed by atoms with E-state index < -0.39 is 5.91 Å². The lowest BCUT2D eigenvalue weighted by Gasteiger charge is -2.21. The van der Waals surface area contributed by atoms with E-state index in [1.807, 2.05) is 55.5 Å². The van der Waals surface area contributed by atoms with Gasteiger partial charge in [0.15, 0.2) is 0 Å². The van der Waals surface area contributed by atoms with Crippen molar-refractivity contribution in [3.63, 3.8) is 0 Å². The number of hydroxylamine groups is 1. The monoisotopic (exact) mass is 555 g/mol. The summed E-state index contributed by atoms with van der Waals surface area (Å²) in [6.45, 7) is 4.81. The Morgan fingerprint density at radius 2 is 1.76 bits per heavy atom. The molecule has 5 rings (SSSR count). The SMILES string of the molecule is COCCN1C[C@@H](NC(=O)Nc2c(C)c(-c3ccc(C(=O)NO)nc3)nn2-c2ccccc2)[C@H](c2ccccc2)C1. The van der Waals surface area contributed by atoms with Gasteiger partial charge in [-0.05, 0) is 36.8 Å². The van der Waals surface area contributed by atoms with Gasteiger partial charge in [-0.3, -0.25) is 25.2 Å². The number of amides is 3. The van der Waals surface area contributed by atoms with Crippen LogP contribution < -0.4 is 16.1 Å². The topological polar surface area (TPSA) is 134 Å². The number of para-hydroxylation sites is 1. The zero-order valence-corrected chi connectivity index (χ0v) is 22.9. The first-order valence-electron chi connectivity index (χ1n) is 13.4. The fourth-order valence-corrected chi connectivity index (χ4v) is 5.18. The molecule has 0 radical (unpaired) electrons. The minimum atomic E-state index is -0.705. The van der Waals surface area contributed by atoms with E-state index in [1.54, 1.807) is 23.3 Å². The lowest BCUT2D eigenvalue weighted by Crippen LogP contribution is -2.42. The Morgan fingerprint density at radius 3 is 2.41 bits per heavy atom. The number of methoxy groups -OCH3 is 1. The molecule has 2 atom stereocenters. The molecule has 0 saturated carbocycles. The van der Waals surface area contributed by atoms with Crippen molar-refractivity contribution < 1.29 is 19.5 Å². The van der Waals surface area contributed by atoms with E-state index in [-0.39, 0.29) is 23.7 Å². The van der Waals surface area contributed by atoms with E-state index >= 15 is 0 Å². The van der Waals surface area contributed by atoms with Gasteiger partial charge in [-0.25, -0.2) is 15.0 Å². The van der Waals surface area contributed by atoms with Gasteiger partial charge in [0.1, 0.15) is 11.5 Å². The van der Waals surface area contributed by atoms with E-state index in [1.165, 1.54) is 17.8 Å². The zero-order valence-electron chi connectivity index (χ0n) is 22.9. The molecule has 0 unspecified atom stereocenters. The van der Waals surface area contributed by atoms with E-state index in [0.717, 1.165) is 24.3 Å². The van der Waals surface area contributed by atoms with Crippen LogP contribution in [0.3, 0.4) is 0 Å². The van der Waals surface area contributed by atoms with Crippen molar-refractivity contribution >= 4 is 17.8 Å². The van der Waals surface area contributed by atoms with E-state index in [9.17, 15) is 9.59 Å². The van der Waals surface area contributed by atoms with Crippen LogP contribution in [-0.2, 0) is 4.74 Å². The molecule has 4 N–H and O–H groups in total. The van der Waals surface area contributed by atoms with Crippen molar-refractivity contribution in [3.8, 4) is 16.9 Å². The fraction of sp³-hybridized carbons (Fsp3) is 0.267. The minimum absolute atomic E-state index is 0.0678. The molecule has 3 heterocycles. The van der Waals surface area contributed by atoms with Crippen molar-refractivity contribution in [1.29, 1.82) is 0 Å². The molecule has 0 spiro atoms. The van der Waals surface area contributed by atoms with Gasteiger partial charge < -0.3 is 10.1 Å². The van der Waals surface area contributed by atoms with Crippen LogP contribution in [0.4, 0.5) is 10.6 Å². The quantitative estimate of drug-likeness (QED) is 0.183. The van der Waals surface area contributed by atoms with Gasteiger partial charge >= 0.3 is 6.03 Å². The standard InChI is InChI=1S/C30H33N7O4/c1-20-27(22-13-14-25(31-17-22)29(38)35-40)34-37(23-11-7-4-8-12-23)28(20)33-30(39)32-26-19-36(15-16-41-2)18-24(26)21-9-5-3-6-10-21/h3-14,17,24,26,40H,15-16,18-19H2,1-2H3,(H,35,38)(H2,32,33,39)/t24-,26+/m0/s1. The number of carbonyl (C=O) groups is 2. The van der Waals surface area contributed by atoms with Gasteiger partial charge in [0.2, 0.25) is 0 Å². The van der Waals surface area contributed by atoms with Crippen LogP contribution in [0, 0.1) is 6.92 Å². The number of nitrogens with zero attached hydrogens (tertiary/aromatic N) is 4. The second kappa shape index (κ2) is 12.7. The van der Waals surface area contributed by atoms with Gasteiger partial charge in [0.25, 0.3) is 5.91 Å². The number of carbonyl (C=O) groups excluding carboxylic acids is 2. The number of aromatic nitrogens is 3. The van der Waals surface area contributed by atoms with Crippen LogP contribution in [0.15, 0.2) is 79.0 Å². The average molecular weight is 556 g/mol. The third-order valence-electron chi connectivity index (χ3n) is 7.28. The fourth-order valence-electron chi connectivity index (χ4n) is 5.18. The van der Waals surface area contributed by atoms with Gasteiger partial charge in [0.05, 0.1) is 24.0 Å². The van der Waals surface area contributed by atoms with Crippen LogP contribution in [-0.4, -0.2) is 76.2 Å². The summed E-state index contributed by atoms with van der Waals surface area (Å²) < 4.78 is 6.97. The lowest BCUT2D eigenvalue weighted by atomic mass is 9.94. The van der Waals surface area contributed by atoms with Gasteiger partial charge in [-0.15, -0.1) is 0 Å². The molecule has 1 aliphatic rings. The smallest absolute Gasteiger partial charge is 0.320 e. The maximum Gasteiger partial charge on any atom is 0.320 e. The summed E-state index contributed by atoms with van der Waals surface area (Å²) in [5, 5.41) is 20.0. The van der Waals surface area contributed by atoms with Crippen LogP contribution >= 0.6 is 0 Å². The molecular formula is C30H33N7O4. The number of ether oxygens (including phenoxy) is 1. The summed E-state index contributed by atoms with van der Waals surface area (Å²) >= 11 is 0. The number of rotatable bonds is 9. The van der Waals surface area contributed by atoms with Crippen molar-refractivity contribution in [3.05, 3.63) is 95.8 Å². The number of likely N-dealkylation sites (tertiary alicyclic amines) is 1. The van der Waals surface area contributed by atoms with Crippen molar-refractivity contribution in [2.24, 2.45) is 0 Å². The molecule has 0 aliphatic carbocycles. The van der Waals surface area contributed by atoms with E-state index in [0.29, 0.717) is 30.2 Å². The summed E-state index contributed by atoms with van der Waals surface area (Å²) in [6, 6.07) is 22.5. The second-order valence-electron chi connectivity index (χ2n) is 9.92. The molecule has 1 saturated heterocycles. The minimum Gasteiger partial charge on any atom is -0.383 e. The molecule has 41 heavy (non-hydrogen) atoms. The van der Waals surface area contributed by atoms with Crippen molar-refractivity contribution in [1.82, 2.24) is 30.5 Å². The van der Waals surface area contributed by atoms with Gasteiger partial charge in [-0.2, -0.15) is 5.10 Å². The summed E-state index contributed by atoms with van der Waals surface area (Å²) in [7, 11) is 1.69. The highest BCUT2D eigenvalue weighted by molar-refractivity contribution is 5.92. The molecule has 11 heteroatoms. The first kappa shape index (κ1) is 28.0. The molecule has 1 aliphatic heterocycles. The average Bonchev–Trinajstić information content (AvgIpc) is 3.56. The Kier molecular flexibility index (Phi) is 8.68. The summed E-state index contributed by atoms with van der Waals surface area (Å²) in [5.74, 6) is -0.0507. The third-order valence-corrected chi connectivity index (χ3v) is 7.28. The number of nitrogens with one attached hydrogen (secondary N) is 3. The first-order valence-corrected chi connectivity index (χ1v) is 13.4. The maximum atomic E-state index is 13.5. The lowest BCUT2D eigenvalue weighted by molar-refractivity contribution is 0.0701. The second-order valence-corrected chi connectivity index (χ2v) is 9.92. The Balaban J connectivity index is 1.42. The number of benzene rings is 2. The summed E-state index contributed by atoms with van der Waals surface area (Å²) in [4.78, 5) is 31.7. The Morgan fingerprint density at radius 1 is 1.02 bits per heavy atom. The van der Waals surface area contributed by atoms with Crippen LogP contribution in [0.2, 0.25) is 0 Å². The Bertz CT molecular complexity index is 1480. The van der Waals surface area contributed by atoms with Gasteiger partial charge in [0, 0.05) is 50.0 Å². The summed E-state index contributed by atoms with van der Waals surface area (Å²) in [6.07, 6.45) is 1.51. The van der Waals surface area contributed by atoms with E-state index in [4.69, 9.17) is 15.0 Å². The van der Waals surface area contributed by atoms with Crippen LogP contribution in [0.5, 0.6) is 0 Å². The number of pyridine rings is 1. The number of anilines is 1. The molecular weight excluding hydrogens is 522 g/mol. The Labute approximate surface area is 238 Å². The molecule has 3 amide bonds. The molecule has 11 nitrogen and oxygen atoms in total. The molecule has 0 bridgehead atoms. The molecule has 4 aromatic rings. The van der Waals surface area contributed by atoms with Crippen molar-refractivity contribution in [2.75, 3.05) is 38.7 Å². The van der Waals surface area contributed by atoms with E-state index in [2.05, 4.69) is 32.7 Å². The third kappa shape index (κ3) is 6.27. The normalized spacial score (nSPS) is 16.9. The molecule has 1 fully saturated rings. The highest BCUT2D eigenvalue weighted by atomic mass is 16.5. The highest BCUT2D eigenvalue weighted by Gasteiger charge is 2.35. The predicted molar refractivity (Wildman–Crippen MR) is 154 cm³/mol. The molecule has 212 valence electrons. The molecule has 2 aromatic carbocycles.